The van der Waals surface area contributed by atoms with Gasteiger partial charge in [0.2, 0.25) is 0 Å². The summed E-state index contributed by atoms with van der Waals surface area (Å²) in [6.45, 7) is 12.4. The number of fused-ring (bicyclic) bond motifs is 1. The molecule has 0 aliphatic heterocycles. The van der Waals surface area contributed by atoms with Crippen LogP contribution < -0.4 is 4.74 Å². The van der Waals surface area contributed by atoms with Crippen LogP contribution in [0.15, 0.2) is 22.9 Å². The van der Waals surface area contributed by atoms with Gasteiger partial charge in [-0.1, -0.05) is 19.6 Å². The molecule has 0 atom stereocenters. The van der Waals surface area contributed by atoms with Crippen molar-refractivity contribution < 1.29 is 9.47 Å². The lowest BCUT2D eigenvalue weighted by Crippen LogP contribution is -2.22. The number of hydrogen-bond acceptors (Lipinski definition) is 3. The van der Waals surface area contributed by atoms with E-state index in [-0.39, 0.29) is 6.10 Å². The first-order valence-electron chi connectivity index (χ1n) is 7.65. The van der Waals surface area contributed by atoms with E-state index in [1.54, 1.807) is 6.20 Å². The van der Waals surface area contributed by atoms with Crippen molar-refractivity contribution in [3.05, 3.63) is 22.9 Å². The fourth-order valence-corrected chi connectivity index (χ4v) is 3.51. The average molecular weight is 385 g/mol. The summed E-state index contributed by atoms with van der Waals surface area (Å²) in [7, 11) is -1.05. The minimum atomic E-state index is -1.05. The largest absolute Gasteiger partial charge is 0.490 e. The van der Waals surface area contributed by atoms with Crippen molar-refractivity contribution in [3.63, 3.8) is 0 Å². The number of halogens is 1. The standard InChI is InChI=1S/C16H25BrN2O2Si/c1-12(2)21-14-6-7-18-16-15(14)13(17)10-19(16)11-20-8-9-22(3,4)5/h6-7,10,12H,8-9,11H2,1-5H3. The molecule has 0 unspecified atom stereocenters. The predicted molar refractivity (Wildman–Crippen MR) is 97.3 cm³/mol. The van der Waals surface area contributed by atoms with Crippen LogP contribution in [0.5, 0.6) is 5.75 Å². The zero-order valence-electron chi connectivity index (χ0n) is 14.0. The number of ether oxygens (including phenoxy) is 2. The Kier molecular flexibility index (Phi) is 5.69. The van der Waals surface area contributed by atoms with Gasteiger partial charge in [-0.15, -0.1) is 0 Å². The van der Waals surface area contributed by atoms with Crippen LogP contribution in [0.1, 0.15) is 13.8 Å². The molecule has 0 aliphatic rings. The Hall–Kier alpha value is -0.853. The molecule has 22 heavy (non-hydrogen) atoms. The lowest BCUT2D eigenvalue weighted by Gasteiger charge is -2.15. The molecule has 2 aromatic rings. The molecule has 2 heterocycles. The van der Waals surface area contributed by atoms with E-state index in [9.17, 15) is 0 Å². The Morgan fingerprint density at radius 1 is 1.32 bits per heavy atom. The third-order valence-corrected chi connectivity index (χ3v) is 5.57. The molecular weight excluding hydrogens is 360 g/mol. The Balaban J connectivity index is 2.15. The molecule has 0 aliphatic carbocycles. The lowest BCUT2D eigenvalue weighted by atomic mass is 10.3. The van der Waals surface area contributed by atoms with Crippen LogP contribution in [0.2, 0.25) is 25.7 Å². The number of rotatable bonds is 7. The average Bonchev–Trinajstić information content (AvgIpc) is 2.71. The normalized spacial score (nSPS) is 12.3. The molecule has 2 rings (SSSR count). The van der Waals surface area contributed by atoms with Gasteiger partial charge in [-0.3, -0.25) is 0 Å². The van der Waals surface area contributed by atoms with Gasteiger partial charge in [-0.05, 0) is 41.9 Å². The maximum atomic E-state index is 5.87. The van der Waals surface area contributed by atoms with Gasteiger partial charge in [-0.25, -0.2) is 4.98 Å². The quantitative estimate of drug-likeness (QED) is 0.503. The summed E-state index contributed by atoms with van der Waals surface area (Å²) in [6, 6.07) is 3.08. The zero-order valence-corrected chi connectivity index (χ0v) is 16.6. The minimum Gasteiger partial charge on any atom is -0.490 e. The topological polar surface area (TPSA) is 36.3 Å². The smallest absolute Gasteiger partial charge is 0.146 e. The van der Waals surface area contributed by atoms with E-state index in [0.717, 1.165) is 27.9 Å². The minimum absolute atomic E-state index is 0.133. The van der Waals surface area contributed by atoms with Gasteiger partial charge >= 0.3 is 0 Å². The van der Waals surface area contributed by atoms with E-state index < -0.39 is 8.07 Å². The second-order valence-electron chi connectivity index (χ2n) is 6.97. The van der Waals surface area contributed by atoms with E-state index in [1.165, 1.54) is 6.04 Å². The van der Waals surface area contributed by atoms with Crippen LogP contribution in [0.25, 0.3) is 11.0 Å². The third kappa shape index (κ3) is 4.57. The third-order valence-electron chi connectivity index (χ3n) is 3.26. The van der Waals surface area contributed by atoms with Crippen LogP contribution in [0.3, 0.4) is 0 Å². The van der Waals surface area contributed by atoms with Crippen molar-refractivity contribution >= 4 is 35.0 Å². The van der Waals surface area contributed by atoms with Gasteiger partial charge in [-0.2, -0.15) is 0 Å². The maximum absolute atomic E-state index is 5.87. The van der Waals surface area contributed by atoms with Gasteiger partial charge in [0.25, 0.3) is 0 Å². The van der Waals surface area contributed by atoms with Gasteiger partial charge < -0.3 is 14.0 Å². The summed E-state index contributed by atoms with van der Waals surface area (Å²) in [6.07, 6.45) is 3.93. The van der Waals surface area contributed by atoms with Crippen molar-refractivity contribution in [3.8, 4) is 5.75 Å². The Morgan fingerprint density at radius 3 is 2.68 bits per heavy atom. The molecular formula is C16H25BrN2O2Si. The summed E-state index contributed by atoms with van der Waals surface area (Å²) in [5.41, 5.74) is 0.887. The number of nitrogens with zero attached hydrogens (tertiary/aromatic N) is 2. The fraction of sp³-hybridized carbons (Fsp3) is 0.562. The number of hydrogen-bond donors (Lipinski definition) is 0. The number of pyridine rings is 1. The van der Waals surface area contributed by atoms with Crippen LogP contribution in [-0.4, -0.2) is 30.3 Å². The van der Waals surface area contributed by atoms with Crippen molar-refractivity contribution in [2.75, 3.05) is 6.61 Å². The van der Waals surface area contributed by atoms with Crippen molar-refractivity contribution in [2.24, 2.45) is 0 Å². The summed E-state index contributed by atoms with van der Waals surface area (Å²) in [5, 5.41) is 1.00. The van der Waals surface area contributed by atoms with E-state index in [0.29, 0.717) is 6.73 Å². The molecule has 0 saturated heterocycles. The van der Waals surface area contributed by atoms with Gasteiger partial charge in [0.05, 0.1) is 11.5 Å². The highest BCUT2D eigenvalue weighted by Crippen LogP contribution is 2.33. The van der Waals surface area contributed by atoms with Crippen LogP contribution >= 0.6 is 15.9 Å². The Morgan fingerprint density at radius 2 is 2.05 bits per heavy atom. The monoisotopic (exact) mass is 384 g/mol. The SMILES string of the molecule is CC(C)Oc1ccnc2c1c(Br)cn2COCC[Si](C)(C)C. The molecule has 2 aromatic heterocycles. The van der Waals surface area contributed by atoms with E-state index in [1.807, 2.05) is 30.7 Å². The van der Waals surface area contributed by atoms with Gasteiger partial charge in [0.15, 0.2) is 0 Å². The van der Waals surface area contributed by atoms with E-state index in [2.05, 4.69) is 40.6 Å². The predicted octanol–water partition coefficient (Wildman–Crippen LogP) is 4.90. The lowest BCUT2D eigenvalue weighted by molar-refractivity contribution is 0.0898. The van der Waals surface area contributed by atoms with E-state index in [4.69, 9.17) is 9.47 Å². The maximum Gasteiger partial charge on any atom is 0.146 e. The second-order valence-corrected chi connectivity index (χ2v) is 13.4. The summed E-state index contributed by atoms with van der Waals surface area (Å²) < 4.78 is 14.7. The van der Waals surface area contributed by atoms with Gasteiger partial charge in [0.1, 0.15) is 18.1 Å². The van der Waals surface area contributed by atoms with Crippen molar-refractivity contribution in [1.82, 2.24) is 9.55 Å². The summed E-state index contributed by atoms with van der Waals surface area (Å²) in [5.74, 6) is 0.854. The second kappa shape index (κ2) is 7.15. The molecule has 0 saturated carbocycles. The molecule has 0 bridgehead atoms. The molecule has 0 fully saturated rings. The Labute approximate surface area is 142 Å². The fourth-order valence-electron chi connectivity index (χ4n) is 2.13. The molecule has 122 valence electrons. The van der Waals surface area contributed by atoms with Crippen molar-refractivity contribution in [2.45, 2.75) is 52.4 Å². The van der Waals surface area contributed by atoms with Crippen LogP contribution in [0.4, 0.5) is 0 Å². The highest BCUT2D eigenvalue weighted by atomic mass is 79.9. The first kappa shape index (κ1) is 17.5. The summed E-state index contributed by atoms with van der Waals surface area (Å²) in [4.78, 5) is 4.48. The molecule has 0 amide bonds. The molecule has 4 nitrogen and oxygen atoms in total. The van der Waals surface area contributed by atoms with E-state index >= 15 is 0 Å². The zero-order chi connectivity index (χ0) is 16.3. The molecule has 0 radical (unpaired) electrons. The Bertz CT molecular complexity index is 635. The highest BCUT2D eigenvalue weighted by Gasteiger charge is 2.15. The van der Waals surface area contributed by atoms with Crippen molar-refractivity contribution in [1.29, 1.82) is 0 Å². The molecule has 0 N–H and O–H groups in total. The summed E-state index contributed by atoms with van der Waals surface area (Å²) >= 11 is 3.61. The number of aromatic nitrogens is 2. The molecule has 0 aromatic carbocycles. The molecule has 6 heteroatoms. The highest BCUT2D eigenvalue weighted by molar-refractivity contribution is 9.10. The first-order chi connectivity index (χ1) is 10.3. The molecule has 0 spiro atoms. The van der Waals surface area contributed by atoms with Crippen LogP contribution in [0, 0.1) is 0 Å². The van der Waals surface area contributed by atoms with Gasteiger partial charge in [0, 0.05) is 31.5 Å². The first-order valence-corrected chi connectivity index (χ1v) is 12.2. The van der Waals surface area contributed by atoms with Crippen LogP contribution in [-0.2, 0) is 11.5 Å².